The summed E-state index contributed by atoms with van der Waals surface area (Å²) in [7, 11) is 0. The lowest BCUT2D eigenvalue weighted by atomic mass is 10.2. The number of aromatic nitrogens is 2. The summed E-state index contributed by atoms with van der Waals surface area (Å²) in [5, 5.41) is 1.14. The van der Waals surface area contributed by atoms with E-state index in [9.17, 15) is 4.79 Å². The minimum atomic E-state index is 0.148. The van der Waals surface area contributed by atoms with E-state index in [0.717, 1.165) is 33.8 Å². The first-order valence-electron chi connectivity index (χ1n) is 6.79. The molecule has 0 saturated carbocycles. The lowest BCUT2D eigenvalue weighted by Gasteiger charge is -2.04. The molecule has 3 nitrogen and oxygen atoms in total. The zero-order chi connectivity index (χ0) is 13.9. The van der Waals surface area contributed by atoms with Gasteiger partial charge in [0.15, 0.2) is 5.78 Å². The molecule has 0 aliphatic heterocycles. The third-order valence-electron chi connectivity index (χ3n) is 3.29. The van der Waals surface area contributed by atoms with Gasteiger partial charge in [0.05, 0.1) is 11.3 Å². The van der Waals surface area contributed by atoms with Crippen LogP contribution in [0.4, 0.5) is 0 Å². The molecule has 3 aromatic rings. The minimum Gasteiger partial charge on any atom is -0.335 e. The third kappa shape index (κ3) is 2.51. The van der Waals surface area contributed by atoms with Crippen LogP contribution in [0.1, 0.15) is 28.8 Å². The number of benzene rings is 1. The zero-order valence-corrected chi connectivity index (χ0v) is 12.2. The number of thiophene rings is 1. The molecular formula is C16H16N2OS. The summed E-state index contributed by atoms with van der Waals surface area (Å²) < 4.78 is 3.22. The van der Waals surface area contributed by atoms with Gasteiger partial charge >= 0.3 is 0 Å². The molecule has 0 aliphatic carbocycles. The average Bonchev–Trinajstić information content (AvgIpc) is 3.06. The minimum absolute atomic E-state index is 0.148. The van der Waals surface area contributed by atoms with Gasteiger partial charge in [0.2, 0.25) is 0 Å². The Balaban J connectivity index is 1.83. The van der Waals surface area contributed by atoms with Crippen LogP contribution >= 0.6 is 11.3 Å². The summed E-state index contributed by atoms with van der Waals surface area (Å²) in [5.74, 6) is 1.00. The molecule has 0 fully saturated rings. The summed E-state index contributed by atoms with van der Waals surface area (Å²) >= 11 is 1.56. The molecular weight excluding hydrogens is 268 g/mol. The standard InChI is InChI=1S/C16H16N2OS/c1-2-8-18-9-7-17-16(18)11-13(19)15-10-12-5-3-4-6-14(12)20-15/h3-7,9-10H,2,8,11H2,1H3. The van der Waals surface area contributed by atoms with Gasteiger partial charge in [0.25, 0.3) is 0 Å². The Morgan fingerprint density at radius 3 is 3.00 bits per heavy atom. The molecule has 1 aromatic carbocycles. The van der Waals surface area contributed by atoms with Crippen molar-refractivity contribution < 1.29 is 4.79 Å². The first-order chi connectivity index (χ1) is 9.78. The van der Waals surface area contributed by atoms with E-state index >= 15 is 0 Å². The summed E-state index contributed by atoms with van der Waals surface area (Å²) in [6.07, 6.45) is 5.13. The van der Waals surface area contributed by atoms with E-state index in [1.807, 2.05) is 30.5 Å². The Morgan fingerprint density at radius 2 is 2.20 bits per heavy atom. The molecule has 0 aliphatic rings. The Bertz CT molecular complexity index is 709. The van der Waals surface area contributed by atoms with E-state index < -0.39 is 0 Å². The van der Waals surface area contributed by atoms with E-state index in [-0.39, 0.29) is 5.78 Å². The van der Waals surface area contributed by atoms with Crippen LogP contribution in [0.25, 0.3) is 10.1 Å². The van der Waals surface area contributed by atoms with E-state index in [4.69, 9.17) is 0 Å². The topological polar surface area (TPSA) is 34.9 Å². The van der Waals surface area contributed by atoms with Crippen LogP contribution in [0.2, 0.25) is 0 Å². The third-order valence-corrected chi connectivity index (χ3v) is 4.44. The number of ketones is 1. The Kier molecular flexibility index (Phi) is 3.65. The molecule has 0 N–H and O–H groups in total. The Labute approximate surface area is 121 Å². The van der Waals surface area contributed by atoms with Gasteiger partial charge in [-0.3, -0.25) is 4.79 Å². The molecule has 0 radical (unpaired) electrons. The normalized spacial score (nSPS) is 11.1. The molecule has 3 rings (SSSR count). The fraction of sp³-hybridized carbons (Fsp3) is 0.250. The maximum absolute atomic E-state index is 12.4. The number of fused-ring (bicyclic) bond motifs is 1. The van der Waals surface area contributed by atoms with Crippen molar-refractivity contribution in [2.45, 2.75) is 26.3 Å². The highest BCUT2D eigenvalue weighted by Gasteiger charge is 2.13. The molecule has 0 amide bonds. The van der Waals surface area contributed by atoms with Crippen molar-refractivity contribution in [3.63, 3.8) is 0 Å². The largest absolute Gasteiger partial charge is 0.335 e. The number of Topliss-reactive ketones (excluding diaryl/α,β-unsaturated/α-hetero) is 1. The van der Waals surface area contributed by atoms with Crippen molar-refractivity contribution >= 4 is 27.2 Å². The predicted molar refractivity (Wildman–Crippen MR) is 82.4 cm³/mol. The summed E-state index contributed by atoms with van der Waals surface area (Å²) in [5.41, 5.74) is 0. The van der Waals surface area contributed by atoms with Crippen molar-refractivity contribution in [2.75, 3.05) is 0 Å². The number of hydrogen-bond donors (Lipinski definition) is 0. The maximum Gasteiger partial charge on any atom is 0.180 e. The monoisotopic (exact) mass is 284 g/mol. The number of nitrogens with zero attached hydrogens (tertiary/aromatic N) is 2. The number of carbonyl (C=O) groups is 1. The van der Waals surface area contributed by atoms with Crippen LogP contribution in [-0.4, -0.2) is 15.3 Å². The smallest absolute Gasteiger partial charge is 0.180 e. The second-order valence-electron chi connectivity index (χ2n) is 4.79. The molecule has 0 unspecified atom stereocenters. The van der Waals surface area contributed by atoms with Crippen molar-refractivity contribution in [3.8, 4) is 0 Å². The number of hydrogen-bond acceptors (Lipinski definition) is 3. The van der Waals surface area contributed by atoms with E-state index in [0.29, 0.717) is 6.42 Å². The molecule has 0 spiro atoms. The van der Waals surface area contributed by atoms with Crippen molar-refractivity contribution in [3.05, 3.63) is 53.4 Å². The average molecular weight is 284 g/mol. The molecule has 102 valence electrons. The highest BCUT2D eigenvalue weighted by molar-refractivity contribution is 7.20. The highest BCUT2D eigenvalue weighted by Crippen LogP contribution is 2.26. The first kappa shape index (κ1) is 13.1. The lowest BCUT2D eigenvalue weighted by Crippen LogP contribution is -2.09. The SMILES string of the molecule is CCCn1ccnc1CC(=O)c1cc2ccccc2s1. The number of rotatable bonds is 5. The summed E-state index contributed by atoms with van der Waals surface area (Å²) in [6.45, 7) is 3.03. The van der Waals surface area contributed by atoms with Gasteiger partial charge in [-0.15, -0.1) is 11.3 Å². The van der Waals surface area contributed by atoms with Crippen molar-refractivity contribution in [2.24, 2.45) is 0 Å². The lowest BCUT2D eigenvalue weighted by molar-refractivity contribution is 0.0993. The fourth-order valence-corrected chi connectivity index (χ4v) is 3.30. The Hall–Kier alpha value is -1.94. The molecule has 0 saturated heterocycles. The van der Waals surface area contributed by atoms with Crippen LogP contribution in [0, 0.1) is 0 Å². The van der Waals surface area contributed by atoms with Crippen LogP contribution in [-0.2, 0) is 13.0 Å². The van der Waals surface area contributed by atoms with Gasteiger partial charge in [-0.25, -0.2) is 4.98 Å². The summed E-state index contributed by atoms with van der Waals surface area (Å²) in [4.78, 5) is 17.5. The molecule has 0 atom stereocenters. The van der Waals surface area contributed by atoms with Crippen LogP contribution < -0.4 is 0 Å². The first-order valence-corrected chi connectivity index (χ1v) is 7.61. The van der Waals surface area contributed by atoms with Crippen LogP contribution in [0.5, 0.6) is 0 Å². The number of imidazole rings is 1. The van der Waals surface area contributed by atoms with E-state index in [1.54, 1.807) is 17.5 Å². The van der Waals surface area contributed by atoms with E-state index in [2.05, 4.69) is 22.5 Å². The summed E-state index contributed by atoms with van der Waals surface area (Å²) in [6, 6.07) is 10.1. The second kappa shape index (κ2) is 5.59. The molecule has 4 heteroatoms. The quantitative estimate of drug-likeness (QED) is 0.665. The van der Waals surface area contributed by atoms with Gasteiger partial charge < -0.3 is 4.57 Å². The molecule has 2 heterocycles. The predicted octanol–water partition coefficient (Wildman–Crippen LogP) is 3.93. The van der Waals surface area contributed by atoms with E-state index in [1.165, 1.54) is 0 Å². The zero-order valence-electron chi connectivity index (χ0n) is 11.4. The van der Waals surface area contributed by atoms with Crippen LogP contribution in [0.15, 0.2) is 42.7 Å². The molecule has 0 bridgehead atoms. The maximum atomic E-state index is 12.4. The molecule has 20 heavy (non-hydrogen) atoms. The molecule has 2 aromatic heterocycles. The van der Waals surface area contributed by atoms with Gasteiger partial charge in [-0.05, 0) is 23.9 Å². The number of aryl methyl sites for hydroxylation is 1. The van der Waals surface area contributed by atoms with Crippen molar-refractivity contribution in [1.82, 2.24) is 9.55 Å². The van der Waals surface area contributed by atoms with Crippen LogP contribution in [0.3, 0.4) is 0 Å². The number of carbonyl (C=O) groups excluding carboxylic acids is 1. The second-order valence-corrected chi connectivity index (χ2v) is 5.87. The van der Waals surface area contributed by atoms with Gasteiger partial charge in [-0.1, -0.05) is 25.1 Å². The van der Waals surface area contributed by atoms with Gasteiger partial charge in [0.1, 0.15) is 5.82 Å². The van der Waals surface area contributed by atoms with Gasteiger partial charge in [-0.2, -0.15) is 0 Å². The fourth-order valence-electron chi connectivity index (χ4n) is 2.30. The highest BCUT2D eigenvalue weighted by atomic mass is 32.1. The van der Waals surface area contributed by atoms with Gasteiger partial charge in [0, 0.05) is 23.6 Å². The Morgan fingerprint density at radius 1 is 1.35 bits per heavy atom. The van der Waals surface area contributed by atoms with Crippen molar-refractivity contribution in [1.29, 1.82) is 0 Å².